The number of nitrogens with zero attached hydrogens (tertiary/aromatic N) is 3. The summed E-state index contributed by atoms with van der Waals surface area (Å²) in [6.45, 7) is 10.4. The van der Waals surface area contributed by atoms with Crippen LogP contribution >= 0.6 is 0 Å². The molecule has 44 nitrogen and oxygen atoms in total. The molecular formula is C70H112N10O34. The normalized spacial score (nSPS) is 23.7. The number of aldehydes is 1. The Kier molecular flexibility index (Phi) is 44.6. The Bertz CT molecular complexity index is 3230. The van der Waals surface area contributed by atoms with Gasteiger partial charge in [-0.1, -0.05) is 0 Å². The van der Waals surface area contributed by atoms with Crippen LogP contribution in [0.4, 0.5) is 0 Å². The van der Waals surface area contributed by atoms with E-state index in [1.165, 1.54) is 20.8 Å². The lowest BCUT2D eigenvalue weighted by atomic mass is 9.95. The van der Waals surface area contributed by atoms with Crippen LogP contribution < -0.4 is 37.2 Å². The summed E-state index contributed by atoms with van der Waals surface area (Å²) in [5.74, 6) is -10.5. The van der Waals surface area contributed by atoms with Crippen LogP contribution in [0.15, 0.2) is 4.99 Å². The highest BCUT2D eigenvalue weighted by atomic mass is 16.7. The maximum Gasteiger partial charge on any atom is 0.303 e. The van der Waals surface area contributed by atoms with Crippen LogP contribution in [0.5, 0.6) is 0 Å². The molecule has 3 saturated heterocycles. The fourth-order valence-electron chi connectivity index (χ4n) is 11.7. The number of hydrogen-bond acceptors (Lipinski definition) is 36. The van der Waals surface area contributed by atoms with Crippen LogP contribution in [-0.2, 0) is 162 Å². The van der Waals surface area contributed by atoms with Gasteiger partial charge in [-0.3, -0.25) is 71.9 Å². The third-order valence-electron chi connectivity index (χ3n) is 16.2. The minimum absolute atomic E-state index is 0.00389. The Balaban J connectivity index is 1.79. The Hall–Kier alpha value is -9.41. The number of carbonyl (C=O) groups excluding carboxylic acids is 16. The summed E-state index contributed by atoms with van der Waals surface area (Å²) >= 11 is 0. The second kappa shape index (κ2) is 51.4. The van der Waals surface area contributed by atoms with Crippen molar-refractivity contribution in [1.82, 2.24) is 47.0 Å². The minimum atomic E-state index is -1.65. The van der Waals surface area contributed by atoms with Crippen molar-refractivity contribution in [1.29, 1.82) is 0 Å². The van der Waals surface area contributed by atoms with Crippen molar-refractivity contribution in [2.45, 2.75) is 212 Å². The van der Waals surface area contributed by atoms with Gasteiger partial charge in [0.25, 0.3) is 0 Å². The Labute approximate surface area is 659 Å². The monoisotopic (exact) mass is 1640 g/mol. The van der Waals surface area contributed by atoms with E-state index >= 15 is 0 Å². The topological polar surface area (TPSA) is 542 Å². The molecule has 0 aromatic rings. The van der Waals surface area contributed by atoms with E-state index in [1.54, 1.807) is 38.0 Å². The standard InChI is InChI=1S/C70H112N10O34/c1-38(82)74-56-62(109-47(10)91)59(106-44(7)88)51(33-103-41(4)85)112-66(56)100-30-27-97-24-21-71-36-70(37-81,78-69(79(13)14)80(15)16)20-19-55(95)77-50(65(96)73-23-26-99-29-32-102-68-58(76-40(3)84)64(111-49(12)93)61(108-46(9)90)53(114-68)35-105-43(6)87)17-18-54(94)72-22-25-98-28-31-101-67-57(75-39(2)83)63(110-48(11)92)60(107-45(8)89)52(113-67)34-104-42(5)86/h37,50-53,56-64,66-68,71H,17-36H2,1-16H3,(H,72,94)(H,73,96)(H,74,82)(H,75,83)(H,76,84)(H,77,95)/t50-,51?,52?,53?,56?,57?,58?,59?,60?,61?,62?,63?,64?,66?,67?,68?,70?/m0/s1. The number of esters is 9. The molecule has 16 unspecified atom stereocenters. The molecule has 44 heteroatoms. The van der Waals surface area contributed by atoms with Crippen LogP contribution in [0.2, 0.25) is 0 Å². The predicted octanol–water partition coefficient (Wildman–Crippen LogP) is -4.66. The first-order valence-corrected chi connectivity index (χ1v) is 36.5. The molecule has 0 spiro atoms. The molecule has 0 bridgehead atoms. The highest BCUT2D eigenvalue weighted by Crippen LogP contribution is 2.32. The third-order valence-corrected chi connectivity index (χ3v) is 16.2. The van der Waals surface area contributed by atoms with Gasteiger partial charge in [0, 0.05) is 150 Å². The van der Waals surface area contributed by atoms with Crippen molar-refractivity contribution >= 4 is 101 Å². The number of hydrogen-bond donors (Lipinski definition) is 7. The molecule has 646 valence electrons. The highest BCUT2D eigenvalue weighted by Gasteiger charge is 2.54. The number of guanidine groups is 1. The summed E-state index contributed by atoms with van der Waals surface area (Å²) in [5, 5.41) is 18.9. The maximum atomic E-state index is 14.1. The average molecular weight is 1640 g/mol. The fraction of sp³-hybridized carbons (Fsp3) is 0.757. The van der Waals surface area contributed by atoms with Crippen LogP contribution in [0.25, 0.3) is 0 Å². The summed E-state index contributed by atoms with van der Waals surface area (Å²) in [5.41, 5.74) is -1.65. The Morgan fingerprint density at radius 1 is 0.412 bits per heavy atom. The maximum absolute atomic E-state index is 14.1. The van der Waals surface area contributed by atoms with Gasteiger partial charge in [0.15, 0.2) is 61.5 Å². The lowest BCUT2D eigenvalue weighted by molar-refractivity contribution is -0.279. The number of ether oxygens (including phenoxy) is 18. The van der Waals surface area contributed by atoms with E-state index in [-0.39, 0.29) is 105 Å². The molecule has 7 N–H and O–H groups in total. The van der Waals surface area contributed by atoms with Crippen molar-refractivity contribution in [3.8, 4) is 0 Å². The van der Waals surface area contributed by atoms with Crippen molar-refractivity contribution < 1.29 is 162 Å². The zero-order chi connectivity index (χ0) is 85.4. The molecule has 3 fully saturated rings. The van der Waals surface area contributed by atoms with Crippen LogP contribution in [0.1, 0.15) is 109 Å². The van der Waals surface area contributed by atoms with Crippen LogP contribution in [0, 0.1) is 0 Å². The average Bonchev–Trinajstić information content (AvgIpc) is 0.798. The molecule has 114 heavy (non-hydrogen) atoms. The first-order chi connectivity index (χ1) is 53.8. The van der Waals surface area contributed by atoms with Crippen LogP contribution in [0.3, 0.4) is 0 Å². The second-order valence-electron chi connectivity index (χ2n) is 26.5. The Morgan fingerprint density at radius 2 is 0.746 bits per heavy atom. The first-order valence-electron chi connectivity index (χ1n) is 36.5. The molecule has 6 amide bonds. The van der Waals surface area contributed by atoms with Gasteiger partial charge in [0.05, 0.1) is 59.5 Å². The number of aliphatic imine (C=N–C) groups is 1. The molecule has 3 heterocycles. The van der Waals surface area contributed by atoms with E-state index in [0.717, 1.165) is 62.3 Å². The second-order valence-corrected chi connectivity index (χ2v) is 26.5. The summed E-state index contributed by atoms with van der Waals surface area (Å²) < 4.78 is 101. The van der Waals surface area contributed by atoms with Gasteiger partial charge < -0.3 is 137 Å². The van der Waals surface area contributed by atoms with E-state index in [9.17, 15) is 76.7 Å². The van der Waals surface area contributed by atoms with Gasteiger partial charge in [-0.15, -0.1) is 0 Å². The van der Waals surface area contributed by atoms with Crippen molar-refractivity contribution in [3.05, 3.63) is 0 Å². The van der Waals surface area contributed by atoms with E-state index in [2.05, 4.69) is 37.2 Å². The molecule has 3 aliphatic rings. The van der Waals surface area contributed by atoms with Crippen LogP contribution in [-0.4, -0.2) is 348 Å². The number of carbonyl (C=O) groups is 16. The van der Waals surface area contributed by atoms with Gasteiger partial charge in [-0.05, 0) is 12.8 Å². The molecule has 0 saturated carbocycles. The molecule has 3 rings (SSSR count). The molecule has 0 aliphatic carbocycles. The van der Waals surface area contributed by atoms with Crippen molar-refractivity contribution in [2.24, 2.45) is 4.99 Å². The smallest absolute Gasteiger partial charge is 0.303 e. The van der Waals surface area contributed by atoms with E-state index in [1.807, 2.05) is 0 Å². The summed E-state index contributed by atoms with van der Waals surface area (Å²) in [6, 6.07) is -5.13. The number of nitrogens with one attached hydrogen (secondary N) is 7. The summed E-state index contributed by atoms with van der Waals surface area (Å²) in [7, 11) is 6.76. The molecule has 0 aromatic heterocycles. The minimum Gasteiger partial charge on any atom is -0.463 e. The molecule has 0 aromatic carbocycles. The first kappa shape index (κ1) is 98.8. The van der Waals surface area contributed by atoms with Gasteiger partial charge in [-0.2, -0.15) is 0 Å². The van der Waals surface area contributed by atoms with E-state index in [4.69, 9.17) is 90.3 Å². The quantitative estimate of drug-likeness (QED) is 0.00752. The molecule has 0 radical (unpaired) electrons. The molecular weight excluding hydrogens is 1520 g/mol. The number of amides is 6. The van der Waals surface area contributed by atoms with Crippen molar-refractivity contribution in [2.75, 3.05) is 134 Å². The largest absolute Gasteiger partial charge is 0.463 e. The fourth-order valence-corrected chi connectivity index (χ4v) is 11.7. The zero-order valence-corrected chi connectivity index (χ0v) is 67.2. The van der Waals surface area contributed by atoms with Gasteiger partial charge in [0.1, 0.15) is 74.1 Å². The van der Waals surface area contributed by atoms with Gasteiger partial charge >= 0.3 is 53.7 Å². The van der Waals surface area contributed by atoms with Gasteiger partial charge in [-0.25, -0.2) is 4.99 Å². The molecule has 3 aliphatic heterocycles. The van der Waals surface area contributed by atoms with Crippen molar-refractivity contribution in [3.63, 3.8) is 0 Å². The highest BCUT2D eigenvalue weighted by molar-refractivity contribution is 5.89. The lowest BCUT2D eigenvalue weighted by Gasteiger charge is -2.44. The summed E-state index contributed by atoms with van der Waals surface area (Å²) in [4.78, 5) is 209. The van der Waals surface area contributed by atoms with E-state index < -0.39 is 219 Å². The number of rotatable bonds is 48. The van der Waals surface area contributed by atoms with Gasteiger partial charge in [0.2, 0.25) is 35.4 Å². The third kappa shape index (κ3) is 37.3. The predicted molar refractivity (Wildman–Crippen MR) is 385 cm³/mol. The zero-order valence-electron chi connectivity index (χ0n) is 67.2. The summed E-state index contributed by atoms with van der Waals surface area (Å²) in [6.07, 6.45) is -16.7. The lowest BCUT2D eigenvalue weighted by Crippen LogP contribution is -2.66. The molecule has 17 atom stereocenters. The SMILES string of the molecule is CC(=O)NC1C(OCCOCCNCC(C=O)(CCC(=O)N[C@@H](CCC(=O)NCCOCCOC2OC(COC(C)=O)C(OC(C)=O)C(OC(C)=O)C2NC(C)=O)C(=O)NCCOCCOC2OC(COC(C)=O)C(OC(C)=O)C(OC(C)=O)C2NC(C)=O)N=C(N(C)C)N(C)C)OC(COC(C)=O)C(OC(C)=O)C1OC(C)=O. The Morgan fingerprint density at radius 3 is 1.06 bits per heavy atom. The van der Waals surface area contributed by atoms with E-state index in [0.29, 0.717) is 12.2 Å².